The van der Waals surface area contributed by atoms with Gasteiger partial charge < -0.3 is 5.32 Å². The van der Waals surface area contributed by atoms with E-state index in [-0.39, 0.29) is 17.2 Å². The van der Waals surface area contributed by atoms with E-state index in [0.29, 0.717) is 13.0 Å². The standard InChI is InChI=1S/C11H24N2O2S/c1-10-9-12-6-7-13(10)16(14,15)8-5-11(2,3)4/h10,12H,5-9H2,1-4H3/t10-/m0/s1. The first-order valence-electron chi connectivity index (χ1n) is 5.93. The van der Waals surface area contributed by atoms with Gasteiger partial charge >= 0.3 is 0 Å². The molecule has 1 atom stereocenters. The molecule has 1 aliphatic heterocycles. The minimum Gasteiger partial charge on any atom is -0.314 e. The first-order chi connectivity index (χ1) is 7.22. The fourth-order valence-corrected chi connectivity index (χ4v) is 3.89. The maximum Gasteiger partial charge on any atom is 0.214 e. The van der Waals surface area contributed by atoms with Gasteiger partial charge in [-0.3, -0.25) is 0 Å². The number of piperazine rings is 1. The molecule has 1 N–H and O–H groups in total. The summed E-state index contributed by atoms with van der Waals surface area (Å²) in [5.41, 5.74) is 0.0738. The fraction of sp³-hybridized carbons (Fsp3) is 1.00. The highest BCUT2D eigenvalue weighted by atomic mass is 32.2. The van der Waals surface area contributed by atoms with Gasteiger partial charge in [-0.25, -0.2) is 8.42 Å². The van der Waals surface area contributed by atoms with Crippen LogP contribution in [0.2, 0.25) is 0 Å². The topological polar surface area (TPSA) is 49.4 Å². The highest BCUT2D eigenvalue weighted by Crippen LogP contribution is 2.21. The zero-order valence-corrected chi connectivity index (χ0v) is 11.6. The number of nitrogens with zero attached hydrogens (tertiary/aromatic N) is 1. The predicted molar refractivity (Wildman–Crippen MR) is 66.9 cm³/mol. The van der Waals surface area contributed by atoms with Gasteiger partial charge in [-0.05, 0) is 18.8 Å². The molecule has 1 aliphatic rings. The van der Waals surface area contributed by atoms with Crippen molar-refractivity contribution in [2.75, 3.05) is 25.4 Å². The van der Waals surface area contributed by atoms with E-state index in [1.165, 1.54) is 0 Å². The van der Waals surface area contributed by atoms with Gasteiger partial charge in [0.25, 0.3) is 0 Å². The maximum atomic E-state index is 12.1. The second-order valence-electron chi connectivity index (χ2n) is 5.79. The number of nitrogens with one attached hydrogen (secondary N) is 1. The van der Waals surface area contributed by atoms with E-state index in [4.69, 9.17) is 0 Å². The van der Waals surface area contributed by atoms with Crippen LogP contribution in [0.4, 0.5) is 0 Å². The number of hydrogen-bond acceptors (Lipinski definition) is 3. The molecular formula is C11H24N2O2S. The van der Waals surface area contributed by atoms with Crippen molar-refractivity contribution >= 4 is 10.0 Å². The minimum atomic E-state index is -3.07. The molecule has 0 unspecified atom stereocenters. The number of sulfonamides is 1. The van der Waals surface area contributed by atoms with Crippen LogP contribution in [0.1, 0.15) is 34.1 Å². The van der Waals surface area contributed by atoms with E-state index in [1.807, 2.05) is 6.92 Å². The Hall–Kier alpha value is -0.130. The lowest BCUT2D eigenvalue weighted by Crippen LogP contribution is -2.52. The molecule has 1 heterocycles. The Kier molecular flexibility index (Phi) is 4.37. The lowest BCUT2D eigenvalue weighted by atomic mass is 9.94. The van der Waals surface area contributed by atoms with Crippen molar-refractivity contribution in [3.8, 4) is 0 Å². The van der Waals surface area contributed by atoms with Crippen LogP contribution >= 0.6 is 0 Å². The van der Waals surface area contributed by atoms with Gasteiger partial charge in [-0.2, -0.15) is 4.31 Å². The molecule has 0 bridgehead atoms. The lowest BCUT2D eigenvalue weighted by molar-refractivity contribution is 0.281. The van der Waals surface area contributed by atoms with Crippen molar-refractivity contribution in [3.63, 3.8) is 0 Å². The summed E-state index contributed by atoms with van der Waals surface area (Å²) >= 11 is 0. The molecule has 1 rings (SSSR count). The Balaban J connectivity index is 2.62. The van der Waals surface area contributed by atoms with Crippen molar-refractivity contribution in [1.29, 1.82) is 0 Å². The van der Waals surface area contributed by atoms with E-state index in [1.54, 1.807) is 4.31 Å². The average Bonchev–Trinajstić information content (AvgIpc) is 2.14. The summed E-state index contributed by atoms with van der Waals surface area (Å²) in [5, 5.41) is 3.20. The monoisotopic (exact) mass is 248 g/mol. The van der Waals surface area contributed by atoms with Crippen molar-refractivity contribution < 1.29 is 8.42 Å². The van der Waals surface area contributed by atoms with Gasteiger partial charge in [0, 0.05) is 25.7 Å². The third-order valence-electron chi connectivity index (χ3n) is 2.91. The van der Waals surface area contributed by atoms with Crippen LogP contribution in [0.3, 0.4) is 0 Å². The molecule has 0 aliphatic carbocycles. The average molecular weight is 248 g/mol. The lowest BCUT2D eigenvalue weighted by Gasteiger charge is -2.33. The van der Waals surface area contributed by atoms with Crippen LogP contribution in [0, 0.1) is 5.41 Å². The zero-order valence-electron chi connectivity index (χ0n) is 10.8. The van der Waals surface area contributed by atoms with Crippen molar-refractivity contribution in [2.45, 2.75) is 40.2 Å². The van der Waals surface area contributed by atoms with Crippen LogP contribution in [0.25, 0.3) is 0 Å². The molecule has 0 aromatic heterocycles. The van der Waals surface area contributed by atoms with E-state index in [0.717, 1.165) is 13.1 Å². The highest BCUT2D eigenvalue weighted by Gasteiger charge is 2.30. The van der Waals surface area contributed by atoms with E-state index >= 15 is 0 Å². The van der Waals surface area contributed by atoms with E-state index < -0.39 is 10.0 Å². The Morgan fingerprint density at radius 2 is 2.00 bits per heavy atom. The molecular weight excluding hydrogens is 224 g/mol. The molecule has 4 nitrogen and oxygen atoms in total. The van der Waals surface area contributed by atoms with Crippen molar-refractivity contribution in [2.24, 2.45) is 5.41 Å². The molecule has 1 saturated heterocycles. The van der Waals surface area contributed by atoms with Crippen LogP contribution in [0.5, 0.6) is 0 Å². The molecule has 96 valence electrons. The van der Waals surface area contributed by atoms with Gasteiger partial charge in [0.2, 0.25) is 10.0 Å². The summed E-state index contributed by atoms with van der Waals surface area (Å²) in [6.07, 6.45) is 0.714. The second-order valence-corrected chi connectivity index (χ2v) is 7.83. The van der Waals surface area contributed by atoms with Crippen LogP contribution < -0.4 is 5.32 Å². The number of hydrogen-bond donors (Lipinski definition) is 1. The molecule has 0 spiro atoms. The Morgan fingerprint density at radius 1 is 1.38 bits per heavy atom. The third-order valence-corrected chi connectivity index (χ3v) is 4.88. The molecule has 1 fully saturated rings. The molecule has 5 heteroatoms. The molecule has 0 saturated carbocycles. The van der Waals surface area contributed by atoms with Gasteiger partial charge in [0.05, 0.1) is 5.75 Å². The van der Waals surface area contributed by atoms with Crippen LogP contribution in [-0.4, -0.2) is 44.2 Å². The Morgan fingerprint density at radius 3 is 2.50 bits per heavy atom. The minimum absolute atomic E-state index is 0.0738. The predicted octanol–water partition coefficient (Wildman–Crippen LogP) is 1.05. The molecule has 0 aromatic carbocycles. The molecule has 0 radical (unpaired) electrons. The highest BCUT2D eigenvalue weighted by molar-refractivity contribution is 7.89. The summed E-state index contributed by atoms with van der Waals surface area (Å²) < 4.78 is 25.9. The zero-order chi connectivity index (χ0) is 12.4. The normalized spacial score (nSPS) is 24.6. The van der Waals surface area contributed by atoms with Crippen LogP contribution in [-0.2, 0) is 10.0 Å². The van der Waals surface area contributed by atoms with Gasteiger partial charge in [0.15, 0.2) is 0 Å². The quantitative estimate of drug-likeness (QED) is 0.812. The second kappa shape index (κ2) is 5.02. The van der Waals surface area contributed by atoms with Crippen molar-refractivity contribution in [3.05, 3.63) is 0 Å². The largest absolute Gasteiger partial charge is 0.314 e. The van der Waals surface area contributed by atoms with E-state index in [2.05, 4.69) is 26.1 Å². The Labute approximate surface area is 99.5 Å². The smallest absolute Gasteiger partial charge is 0.214 e. The summed E-state index contributed by atoms with van der Waals surface area (Å²) in [6, 6.07) is 0.0821. The summed E-state index contributed by atoms with van der Waals surface area (Å²) in [6.45, 7) is 10.3. The van der Waals surface area contributed by atoms with Gasteiger partial charge in [-0.15, -0.1) is 0 Å². The fourth-order valence-electron chi connectivity index (χ4n) is 1.79. The molecule has 0 amide bonds. The van der Waals surface area contributed by atoms with Crippen molar-refractivity contribution in [1.82, 2.24) is 9.62 Å². The Bertz CT molecular complexity index is 319. The number of rotatable bonds is 3. The first kappa shape index (κ1) is 13.9. The van der Waals surface area contributed by atoms with E-state index in [9.17, 15) is 8.42 Å². The summed E-state index contributed by atoms with van der Waals surface area (Å²) in [7, 11) is -3.07. The maximum absolute atomic E-state index is 12.1. The van der Waals surface area contributed by atoms with Gasteiger partial charge in [0.1, 0.15) is 0 Å². The molecule has 16 heavy (non-hydrogen) atoms. The SMILES string of the molecule is C[C@H]1CNCCN1S(=O)(=O)CCC(C)(C)C. The first-order valence-corrected chi connectivity index (χ1v) is 7.53. The third kappa shape index (κ3) is 4.03. The summed E-state index contributed by atoms with van der Waals surface area (Å²) in [4.78, 5) is 0. The van der Waals surface area contributed by atoms with Crippen LogP contribution in [0.15, 0.2) is 0 Å². The molecule has 0 aromatic rings. The van der Waals surface area contributed by atoms with Gasteiger partial charge in [-0.1, -0.05) is 20.8 Å². The summed E-state index contributed by atoms with van der Waals surface area (Å²) in [5.74, 6) is 0.265.